The summed E-state index contributed by atoms with van der Waals surface area (Å²) in [5.74, 6) is 0.458. The molecule has 1 aromatic rings. The molecule has 1 N–H and O–H groups in total. The molecule has 15 heavy (non-hydrogen) atoms. The standard InChI is InChI=1S/C12H14INO/c1-2-8-7-10(13)5-6-11(8)14-12(15)9-3-4-9/h5-7,9H,2-4H2,1H3,(H,14,15). The average molecular weight is 315 g/mol. The van der Waals surface area contributed by atoms with E-state index >= 15 is 0 Å². The van der Waals surface area contributed by atoms with E-state index in [2.05, 4.69) is 40.9 Å². The van der Waals surface area contributed by atoms with Crippen molar-refractivity contribution in [3.8, 4) is 0 Å². The molecule has 1 amide bonds. The summed E-state index contributed by atoms with van der Waals surface area (Å²) in [6.45, 7) is 2.11. The Morgan fingerprint density at radius 2 is 2.27 bits per heavy atom. The van der Waals surface area contributed by atoms with Crippen molar-refractivity contribution in [2.24, 2.45) is 5.92 Å². The fourth-order valence-electron chi connectivity index (χ4n) is 1.56. The number of nitrogens with one attached hydrogen (secondary N) is 1. The number of carbonyl (C=O) groups is 1. The summed E-state index contributed by atoms with van der Waals surface area (Å²) in [6.07, 6.45) is 3.06. The number of halogens is 1. The van der Waals surface area contributed by atoms with E-state index in [1.165, 1.54) is 9.13 Å². The summed E-state index contributed by atoms with van der Waals surface area (Å²) in [5, 5.41) is 3.01. The molecule has 3 heteroatoms. The average Bonchev–Trinajstić information content (AvgIpc) is 3.04. The largest absolute Gasteiger partial charge is 0.326 e. The van der Waals surface area contributed by atoms with Crippen LogP contribution in [0.4, 0.5) is 5.69 Å². The Morgan fingerprint density at radius 3 is 2.87 bits per heavy atom. The fourth-order valence-corrected chi connectivity index (χ4v) is 2.11. The van der Waals surface area contributed by atoms with E-state index in [1.54, 1.807) is 0 Å². The van der Waals surface area contributed by atoms with Crippen molar-refractivity contribution in [1.29, 1.82) is 0 Å². The van der Waals surface area contributed by atoms with Gasteiger partial charge in [0.2, 0.25) is 5.91 Å². The van der Waals surface area contributed by atoms with Crippen LogP contribution >= 0.6 is 22.6 Å². The topological polar surface area (TPSA) is 29.1 Å². The van der Waals surface area contributed by atoms with Gasteiger partial charge in [0.05, 0.1) is 0 Å². The van der Waals surface area contributed by atoms with Crippen LogP contribution in [0.25, 0.3) is 0 Å². The van der Waals surface area contributed by atoms with E-state index in [9.17, 15) is 4.79 Å². The highest BCUT2D eigenvalue weighted by Crippen LogP contribution is 2.31. The van der Waals surface area contributed by atoms with Gasteiger partial charge in [-0.05, 0) is 65.6 Å². The summed E-state index contributed by atoms with van der Waals surface area (Å²) in [5.41, 5.74) is 2.20. The molecule has 0 saturated heterocycles. The first-order valence-electron chi connectivity index (χ1n) is 5.30. The molecule has 0 heterocycles. The van der Waals surface area contributed by atoms with Crippen molar-refractivity contribution in [2.75, 3.05) is 5.32 Å². The SMILES string of the molecule is CCc1cc(I)ccc1NC(=O)C1CC1. The third-order valence-electron chi connectivity index (χ3n) is 2.65. The molecule has 0 aromatic heterocycles. The van der Waals surface area contributed by atoms with Gasteiger partial charge in [-0.3, -0.25) is 4.79 Å². The number of anilines is 1. The van der Waals surface area contributed by atoms with Crippen LogP contribution in [0.3, 0.4) is 0 Å². The molecule has 0 unspecified atom stereocenters. The zero-order valence-corrected chi connectivity index (χ0v) is 10.9. The maximum atomic E-state index is 11.6. The van der Waals surface area contributed by atoms with Crippen molar-refractivity contribution in [3.63, 3.8) is 0 Å². The number of hydrogen-bond donors (Lipinski definition) is 1. The molecular formula is C12H14INO. The van der Waals surface area contributed by atoms with Crippen LogP contribution in [-0.2, 0) is 11.2 Å². The Morgan fingerprint density at radius 1 is 1.53 bits per heavy atom. The van der Waals surface area contributed by atoms with Gasteiger partial charge < -0.3 is 5.32 Å². The number of amides is 1. The van der Waals surface area contributed by atoms with Crippen LogP contribution in [0, 0.1) is 9.49 Å². The van der Waals surface area contributed by atoms with Gasteiger partial charge in [-0.1, -0.05) is 6.92 Å². The van der Waals surface area contributed by atoms with Crippen LogP contribution in [0.5, 0.6) is 0 Å². The highest BCUT2D eigenvalue weighted by atomic mass is 127. The van der Waals surface area contributed by atoms with Crippen LogP contribution in [0.2, 0.25) is 0 Å². The van der Waals surface area contributed by atoms with Gasteiger partial charge in [0.1, 0.15) is 0 Å². The minimum absolute atomic E-state index is 0.186. The summed E-state index contributed by atoms with van der Waals surface area (Å²) >= 11 is 2.29. The number of aryl methyl sites for hydroxylation is 1. The molecule has 2 rings (SSSR count). The highest BCUT2D eigenvalue weighted by Gasteiger charge is 2.29. The molecule has 1 aliphatic rings. The molecule has 2 nitrogen and oxygen atoms in total. The van der Waals surface area contributed by atoms with Gasteiger partial charge in [-0.2, -0.15) is 0 Å². The Labute approximate surface area is 104 Å². The fraction of sp³-hybridized carbons (Fsp3) is 0.417. The van der Waals surface area contributed by atoms with Crippen molar-refractivity contribution < 1.29 is 4.79 Å². The quantitative estimate of drug-likeness (QED) is 0.853. The van der Waals surface area contributed by atoms with Gasteiger partial charge >= 0.3 is 0 Å². The van der Waals surface area contributed by atoms with E-state index in [0.29, 0.717) is 0 Å². The predicted molar refractivity (Wildman–Crippen MR) is 69.9 cm³/mol. The van der Waals surface area contributed by atoms with Gasteiger partial charge in [0.15, 0.2) is 0 Å². The summed E-state index contributed by atoms with van der Waals surface area (Å²) in [6, 6.07) is 6.16. The van der Waals surface area contributed by atoms with Crippen LogP contribution < -0.4 is 5.32 Å². The highest BCUT2D eigenvalue weighted by molar-refractivity contribution is 14.1. The third kappa shape index (κ3) is 2.71. The normalized spacial score (nSPS) is 15.1. The summed E-state index contributed by atoms with van der Waals surface area (Å²) in [4.78, 5) is 11.6. The second-order valence-corrected chi connectivity index (χ2v) is 5.16. The first-order valence-corrected chi connectivity index (χ1v) is 6.38. The third-order valence-corrected chi connectivity index (χ3v) is 3.33. The minimum Gasteiger partial charge on any atom is -0.326 e. The number of hydrogen-bond acceptors (Lipinski definition) is 1. The van der Waals surface area contributed by atoms with Crippen molar-refractivity contribution in [1.82, 2.24) is 0 Å². The van der Waals surface area contributed by atoms with E-state index in [0.717, 1.165) is 24.9 Å². The van der Waals surface area contributed by atoms with E-state index in [-0.39, 0.29) is 11.8 Å². The van der Waals surface area contributed by atoms with Crippen molar-refractivity contribution in [3.05, 3.63) is 27.3 Å². The smallest absolute Gasteiger partial charge is 0.227 e. The molecule has 80 valence electrons. The van der Waals surface area contributed by atoms with Crippen LogP contribution in [0.15, 0.2) is 18.2 Å². The summed E-state index contributed by atoms with van der Waals surface area (Å²) < 4.78 is 1.22. The number of benzene rings is 1. The van der Waals surface area contributed by atoms with E-state index in [1.807, 2.05) is 12.1 Å². The second-order valence-electron chi connectivity index (χ2n) is 3.92. The molecule has 1 aromatic carbocycles. The first kappa shape index (κ1) is 10.9. The van der Waals surface area contributed by atoms with Crippen LogP contribution in [-0.4, -0.2) is 5.91 Å². The van der Waals surface area contributed by atoms with Crippen LogP contribution in [0.1, 0.15) is 25.3 Å². The minimum atomic E-state index is 0.186. The second kappa shape index (κ2) is 4.51. The van der Waals surface area contributed by atoms with E-state index < -0.39 is 0 Å². The molecule has 1 fully saturated rings. The lowest BCUT2D eigenvalue weighted by Crippen LogP contribution is -2.14. The van der Waals surface area contributed by atoms with Crippen molar-refractivity contribution in [2.45, 2.75) is 26.2 Å². The van der Waals surface area contributed by atoms with Gasteiger partial charge in [-0.25, -0.2) is 0 Å². The Balaban J connectivity index is 2.15. The maximum Gasteiger partial charge on any atom is 0.227 e. The molecular weight excluding hydrogens is 301 g/mol. The van der Waals surface area contributed by atoms with Gasteiger partial charge in [-0.15, -0.1) is 0 Å². The summed E-state index contributed by atoms with van der Waals surface area (Å²) in [7, 11) is 0. The Bertz CT molecular complexity index is 385. The number of carbonyl (C=O) groups excluding carboxylic acids is 1. The first-order chi connectivity index (χ1) is 7.20. The molecule has 0 aliphatic heterocycles. The lowest BCUT2D eigenvalue weighted by Gasteiger charge is -2.09. The zero-order valence-electron chi connectivity index (χ0n) is 8.72. The maximum absolute atomic E-state index is 11.6. The monoisotopic (exact) mass is 315 g/mol. The molecule has 0 bridgehead atoms. The molecule has 0 spiro atoms. The predicted octanol–water partition coefficient (Wildman–Crippen LogP) is 3.20. The lowest BCUT2D eigenvalue weighted by atomic mass is 10.1. The molecule has 1 aliphatic carbocycles. The van der Waals surface area contributed by atoms with E-state index in [4.69, 9.17) is 0 Å². The molecule has 0 radical (unpaired) electrons. The lowest BCUT2D eigenvalue weighted by molar-refractivity contribution is -0.117. The van der Waals surface area contributed by atoms with Gasteiger partial charge in [0, 0.05) is 15.2 Å². The Hall–Kier alpha value is -0.580. The number of rotatable bonds is 3. The molecule has 0 atom stereocenters. The zero-order chi connectivity index (χ0) is 10.8. The van der Waals surface area contributed by atoms with Crippen molar-refractivity contribution >= 4 is 34.2 Å². The van der Waals surface area contributed by atoms with Gasteiger partial charge in [0.25, 0.3) is 0 Å². The molecule has 1 saturated carbocycles. The Kier molecular flexibility index (Phi) is 3.29.